The second-order valence-electron chi connectivity index (χ2n) is 6.41. The van der Waals surface area contributed by atoms with Crippen molar-refractivity contribution in [2.24, 2.45) is 0 Å². The van der Waals surface area contributed by atoms with Crippen LogP contribution < -0.4 is 0 Å². The van der Waals surface area contributed by atoms with Crippen LogP contribution in [0.25, 0.3) is 5.65 Å². The third kappa shape index (κ3) is 3.96. The Labute approximate surface area is 148 Å². The molecule has 2 aromatic rings. The van der Waals surface area contributed by atoms with Crippen molar-refractivity contribution < 1.29 is 4.79 Å². The summed E-state index contributed by atoms with van der Waals surface area (Å²) in [5, 5.41) is 8.62. The zero-order valence-electron chi connectivity index (χ0n) is 14.5. The normalized spacial score (nSPS) is 16.0. The molecule has 0 saturated carbocycles. The van der Waals surface area contributed by atoms with E-state index in [-0.39, 0.29) is 5.91 Å². The lowest BCUT2D eigenvalue weighted by Crippen LogP contribution is -2.43. The van der Waals surface area contributed by atoms with Crippen molar-refractivity contribution in [1.82, 2.24) is 24.4 Å². The first kappa shape index (κ1) is 17.4. The number of carbonyl (C=O) groups is 1. The van der Waals surface area contributed by atoms with Gasteiger partial charge in [0.2, 0.25) is 5.91 Å². The van der Waals surface area contributed by atoms with Crippen molar-refractivity contribution in [2.75, 3.05) is 32.7 Å². The molecule has 1 aliphatic heterocycles. The number of aromatic nitrogens is 3. The van der Waals surface area contributed by atoms with Gasteiger partial charge < -0.3 is 4.90 Å². The SMILES string of the molecule is C=CCN(CC=C)C(=O)CN1CCC(c2nnc3ccccn23)CC1. The van der Waals surface area contributed by atoms with Gasteiger partial charge in [-0.3, -0.25) is 14.1 Å². The first-order valence-corrected chi connectivity index (χ1v) is 8.74. The smallest absolute Gasteiger partial charge is 0.237 e. The van der Waals surface area contributed by atoms with Gasteiger partial charge >= 0.3 is 0 Å². The Kier molecular flexibility index (Phi) is 5.60. The van der Waals surface area contributed by atoms with Crippen molar-refractivity contribution in [3.63, 3.8) is 0 Å². The highest BCUT2D eigenvalue weighted by Crippen LogP contribution is 2.26. The van der Waals surface area contributed by atoms with Gasteiger partial charge in [-0.05, 0) is 38.1 Å². The maximum Gasteiger partial charge on any atom is 0.237 e. The predicted molar refractivity (Wildman–Crippen MR) is 98.4 cm³/mol. The Hall–Kier alpha value is -2.47. The Bertz CT molecular complexity index is 735. The molecule has 132 valence electrons. The van der Waals surface area contributed by atoms with Gasteiger partial charge in [-0.15, -0.1) is 23.4 Å². The number of likely N-dealkylation sites (tertiary alicyclic amines) is 1. The lowest BCUT2D eigenvalue weighted by Gasteiger charge is -2.32. The largest absolute Gasteiger partial charge is 0.334 e. The van der Waals surface area contributed by atoms with Crippen LogP contribution in [-0.2, 0) is 4.79 Å². The van der Waals surface area contributed by atoms with E-state index in [2.05, 4.69) is 32.7 Å². The van der Waals surface area contributed by atoms with Crippen LogP contribution in [0.4, 0.5) is 0 Å². The standard InChI is InChI=1S/C19H25N5O/c1-3-10-23(11-4-2)18(25)15-22-13-8-16(9-14-22)19-21-20-17-7-5-6-12-24(17)19/h3-7,12,16H,1-2,8-11,13-15H2. The molecule has 0 unspecified atom stereocenters. The number of nitrogens with zero attached hydrogens (tertiary/aromatic N) is 5. The minimum absolute atomic E-state index is 0.131. The lowest BCUT2D eigenvalue weighted by molar-refractivity contribution is -0.131. The molecule has 1 aliphatic rings. The van der Waals surface area contributed by atoms with Crippen LogP contribution in [0, 0.1) is 0 Å². The summed E-state index contributed by atoms with van der Waals surface area (Å²) in [6.45, 7) is 10.8. The van der Waals surface area contributed by atoms with E-state index in [4.69, 9.17) is 0 Å². The van der Waals surface area contributed by atoms with Gasteiger partial charge in [-0.2, -0.15) is 0 Å². The Morgan fingerprint density at radius 1 is 1.20 bits per heavy atom. The highest BCUT2D eigenvalue weighted by atomic mass is 16.2. The fraction of sp³-hybridized carbons (Fsp3) is 0.421. The Balaban J connectivity index is 1.57. The minimum atomic E-state index is 0.131. The van der Waals surface area contributed by atoms with Crippen molar-refractivity contribution in [2.45, 2.75) is 18.8 Å². The lowest BCUT2D eigenvalue weighted by atomic mass is 9.96. The summed E-state index contributed by atoms with van der Waals surface area (Å²) in [4.78, 5) is 16.4. The maximum absolute atomic E-state index is 12.4. The molecule has 2 aromatic heterocycles. The molecule has 3 heterocycles. The third-order valence-electron chi connectivity index (χ3n) is 4.70. The molecule has 0 aromatic carbocycles. The van der Waals surface area contributed by atoms with Crippen LogP contribution in [0.2, 0.25) is 0 Å². The van der Waals surface area contributed by atoms with Crippen LogP contribution in [-0.4, -0.2) is 63.0 Å². The van der Waals surface area contributed by atoms with Gasteiger partial charge in [0.25, 0.3) is 0 Å². The molecular weight excluding hydrogens is 314 g/mol. The van der Waals surface area contributed by atoms with Gasteiger partial charge in [-0.1, -0.05) is 18.2 Å². The summed E-state index contributed by atoms with van der Waals surface area (Å²) < 4.78 is 2.07. The summed E-state index contributed by atoms with van der Waals surface area (Å²) >= 11 is 0. The van der Waals surface area contributed by atoms with E-state index >= 15 is 0 Å². The first-order chi connectivity index (χ1) is 12.2. The molecule has 0 bridgehead atoms. The van der Waals surface area contributed by atoms with E-state index in [0.717, 1.165) is 37.4 Å². The summed E-state index contributed by atoms with van der Waals surface area (Å²) in [5.41, 5.74) is 0.889. The van der Waals surface area contributed by atoms with Gasteiger partial charge in [0.1, 0.15) is 5.82 Å². The number of amides is 1. The highest BCUT2D eigenvalue weighted by Gasteiger charge is 2.26. The summed E-state index contributed by atoms with van der Waals surface area (Å²) in [6, 6.07) is 5.94. The molecule has 1 amide bonds. The Morgan fingerprint density at radius 2 is 1.92 bits per heavy atom. The topological polar surface area (TPSA) is 53.7 Å². The van der Waals surface area contributed by atoms with Crippen LogP contribution in [0.1, 0.15) is 24.6 Å². The fourth-order valence-corrected chi connectivity index (χ4v) is 3.37. The van der Waals surface area contributed by atoms with Gasteiger partial charge in [0.05, 0.1) is 6.54 Å². The van der Waals surface area contributed by atoms with Gasteiger partial charge in [0, 0.05) is 25.2 Å². The fourth-order valence-electron chi connectivity index (χ4n) is 3.37. The van der Waals surface area contributed by atoms with E-state index in [1.54, 1.807) is 17.1 Å². The van der Waals surface area contributed by atoms with Crippen LogP contribution in [0.3, 0.4) is 0 Å². The van der Waals surface area contributed by atoms with Crippen LogP contribution in [0.5, 0.6) is 0 Å². The summed E-state index contributed by atoms with van der Waals surface area (Å²) in [5.74, 6) is 1.55. The predicted octanol–water partition coefficient (Wildman–Crippen LogP) is 2.11. The number of fused-ring (bicyclic) bond motifs is 1. The monoisotopic (exact) mass is 339 g/mol. The van der Waals surface area contributed by atoms with E-state index in [1.807, 2.05) is 24.4 Å². The number of hydrogen-bond donors (Lipinski definition) is 0. The van der Waals surface area contributed by atoms with Crippen molar-refractivity contribution in [1.29, 1.82) is 0 Å². The minimum Gasteiger partial charge on any atom is -0.334 e. The zero-order valence-corrected chi connectivity index (χ0v) is 14.5. The van der Waals surface area contributed by atoms with Crippen LogP contribution >= 0.6 is 0 Å². The van der Waals surface area contributed by atoms with Crippen LogP contribution in [0.15, 0.2) is 49.7 Å². The van der Waals surface area contributed by atoms with Crippen molar-refractivity contribution in [3.8, 4) is 0 Å². The summed E-state index contributed by atoms with van der Waals surface area (Å²) in [7, 11) is 0. The average Bonchev–Trinajstić information content (AvgIpc) is 3.06. The average molecular weight is 339 g/mol. The second-order valence-corrected chi connectivity index (χ2v) is 6.41. The summed E-state index contributed by atoms with van der Waals surface area (Å²) in [6.07, 6.45) is 7.51. The quantitative estimate of drug-likeness (QED) is 0.725. The first-order valence-electron chi connectivity index (χ1n) is 8.74. The van der Waals surface area contributed by atoms with Gasteiger partial charge in [-0.25, -0.2) is 0 Å². The van der Waals surface area contributed by atoms with E-state index in [0.29, 0.717) is 25.6 Å². The molecule has 6 heteroatoms. The van der Waals surface area contributed by atoms with Gasteiger partial charge in [0.15, 0.2) is 5.65 Å². The molecule has 1 fully saturated rings. The van der Waals surface area contributed by atoms with E-state index < -0.39 is 0 Å². The molecule has 0 radical (unpaired) electrons. The highest BCUT2D eigenvalue weighted by molar-refractivity contribution is 5.78. The number of rotatable bonds is 7. The molecule has 0 spiro atoms. The molecule has 0 N–H and O–H groups in total. The second kappa shape index (κ2) is 8.07. The molecule has 6 nitrogen and oxygen atoms in total. The zero-order chi connectivity index (χ0) is 17.6. The molecular formula is C19H25N5O. The Morgan fingerprint density at radius 3 is 2.60 bits per heavy atom. The molecule has 3 rings (SSSR count). The molecule has 0 atom stereocenters. The van der Waals surface area contributed by atoms with E-state index in [9.17, 15) is 4.79 Å². The van der Waals surface area contributed by atoms with E-state index in [1.165, 1.54) is 0 Å². The number of piperidine rings is 1. The van der Waals surface area contributed by atoms with Crippen molar-refractivity contribution >= 4 is 11.6 Å². The van der Waals surface area contributed by atoms with Crippen molar-refractivity contribution in [3.05, 3.63) is 55.5 Å². The molecule has 25 heavy (non-hydrogen) atoms. The molecule has 0 aliphatic carbocycles. The number of carbonyl (C=O) groups excluding carboxylic acids is 1. The number of pyridine rings is 1. The third-order valence-corrected chi connectivity index (χ3v) is 4.70. The molecule has 1 saturated heterocycles. The maximum atomic E-state index is 12.4. The number of hydrogen-bond acceptors (Lipinski definition) is 4.